The highest BCUT2D eigenvalue weighted by Crippen LogP contribution is 2.50. The molecule has 6 nitrogen and oxygen atoms in total. The van der Waals surface area contributed by atoms with Crippen LogP contribution in [0.4, 0.5) is 5.69 Å². The van der Waals surface area contributed by atoms with Gasteiger partial charge in [0.25, 0.3) is 0 Å². The van der Waals surface area contributed by atoms with Crippen molar-refractivity contribution in [3.63, 3.8) is 0 Å². The third kappa shape index (κ3) is 3.07. The Balaban J connectivity index is 1.74. The summed E-state index contributed by atoms with van der Waals surface area (Å²) in [4.78, 5) is 2.45. The summed E-state index contributed by atoms with van der Waals surface area (Å²) in [6, 6.07) is 12.7. The molecule has 0 atom stereocenters. The molecule has 0 bridgehead atoms. The van der Waals surface area contributed by atoms with E-state index in [1.54, 1.807) is 11.8 Å². The normalized spacial score (nSPS) is 12.4. The van der Waals surface area contributed by atoms with Gasteiger partial charge in [0.2, 0.25) is 0 Å². The second-order valence-electron chi connectivity index (χ2n) is 6.20. The van der Waals surface area contributed by atoms with Crippen LogP contribution in [-0.4, -0.2) is 47.7 Å². The second-order valence-corrected chi connectivity index (χ2v) is 7.25. The van der Waals surface area contributed by atoms with Gasteiger partial charge in [-0.05, 0) is 18.2 Å². The number of nitrogens with zero attached hydrogens (tertiary/aromatic N) is 2. The Morgan fingerprint density at radius 3 is 2.85 bits per heavy atom. The van der Waals surface area contributed by atoms with Gasteiger partial charge in [0.05, 0.1) is 18.7 Å². The van der Waals surface area contributed by atoms with Gasteiger partial charge in [-0.3, -0.25) is 4.68 Å². The quantitative estimate of drug-likeness (QED) is 0.356. The van der Waals surface area contributed by atoms with Gasteiger partial charge in [-0.25, -0.2) is 0 Å². The van der Waals surface area contributed by atoms with E-state index in [4.69, 9.17) is 15.9 Å². The molecule has 2 aromatic carbocycles. The molecular formula is C19H23N5OS. The summed E-state index contributed by atoms with van der Waals surface area (Å²) in [6.45, 7) is 3.66. The highest BCUT2D eigenvalue weighted by atomic mass is 32.2. The van der Waals surface area contributed by atoms with Crippen molar-refractivity contribution in [2.24, 2.45) is 5.73 Å². The number of aromatic nitrogens is 2. The Bertz CT molecular complexity index is 924. The number of aliphatic hydroxyl groups excluding tert-OH is 1. The van der Waals surface area contributed by atoms with Gasteiger partial charge in [0, 0.05) is 52.6 Å². The van der Waals surface area contributed by atoms with Crippen LogP contribution < -0.4 is 16.4 Å². The lowest BCUT2D eigenvalue weighted by molar-refractivity contribution is 0.293. The van der Waals surface area contributed by atoms with E-state index in [9.17, 15) is 0 Å². The molecule has 26 heavy (non-hydrogen) atoms. The average Bonchev–Trinajstić information content (AvgIpc) is 3.03. The van der Waals surface area contributed by atoms with Crippen LogP contribution in [0.5, 0.6) is 0 Å². The first-order valence-corrected chi connectivity index (χ1v) is 9.71. The molecule has 1 aromatic heterocycles. The van der Waals surface area contributed by atoms with Gasteiger partial charge in [0.15, 0.2) is 0 Å². The highest BCUT2D eigenvalue weighted by Gasteiger charge is 2.25. The van der Waals surface area contributed by atoms with E-state index in [1.165, 1.54) is 20.7 Å². The van der Waals surface area contributed by atoms with E-state index >= 15 is 0 Å². The summed E-state index contributed by atoms with van der Waals surface area (Å²) in [5.41, 5.74) is 10.3. The van der Waals surface area contributed by atoms with Crippen molar-refractivity contribution in [1.82, 2.24) is 15.1 Å². The van der Waals surface area contributed by atoms with Gasteiger partial charge in [0.1, 0.15) is 5.69 Å². The average molecular weight is 369 g/mol. The monoisotopic (exact) mass is 369 g/mol. The molecular weight excluding hydrogens is 346 g/mol. The predicted octanol–water partition coefficient (Wildman–Crippen LogP) is 2.12. The molecule has 1 aliphatic rings. The number of rotatable bonds is 8. The molecule has 1 aliphatic heterocycles. The van der Waals surface area contributed by atoms with E-state index in [0.29, 0.717) is 19.6 Å². The van der Waals surface area contributed by atoms with Crippen LogP contribution in [-0.2, 0) is 6.54 Å². The summed E-state index contributed by atoms with van der Waals surface area (Å²) in [5.74, 6) is 0. The molecule has 0 fully saturated rings. The first-order valence-electron chi connectivity index (χ1n) is 8.89. The maximum Gasteiger partial charge on any atom is 0.103 e. The van der Waals surface area contributed by atoms with Gasteiger partial charge in [-0.1, -0.05) is 30.0 Å². The molecule has 4 rings (SSSR count). The van der Waals surface area contributed by atoms with Crippen LogP contribution in [0.15, 0.2) is 46.2 Å². The summed E-state index contributed by atoms with van der Waals surface area (Å²) in [7, 11) is 0. The largest absolute Gasteiger partial charge is 0.395 e. The zero-order valence-corrected chi connectivity index (χ0v) is 15.4. The lowest BCUT2D eigenvalue weighted by Crippen LogP contribution is -2.25. The Morgan fingerprint density at radius 1 is 1.12 bits per heavy atom. The first-order chi connectivity index (χ1) is 12.8. The maximum absolute atomic E-state index is 8.86. The number of fused-ring (bicyclic) bond motifs is 2. The molecule has 0 aliphatic carbocycles. The van der Waals surface area contributed by atoms with Crippen LogP contribution in [0.25, 0.3) is 22.2 Å². The predicted molar refractivity (Wildman–Crippen MR) is 107 cm³/mol. The van der Waals surface area contributed by atoms with E-state index < -0.39 is 0 Å². The molecule has 0 saturated heterocycles. The fourth-order valence-electron chi connectivity index (χ4n) is 3.32. The number of benzene rings is 2. The topological polar surface area (TPSA) is 88.1 Å². The van der Waals surface area contributed by atoms with Crippen LogP contribution >= 0.6 is 11.8 Å². The fourth-order valence-corrected chi connectivity index (χ4v) is 4.51. The zero-order valence-electron chi connectivity index (χ0n) is 14.5. The van der Waals surface area contributed by atoms with Crippen LogP contribution in [0, 0.1) is 0 Å². The van der Waals surface area contributed by atoms with Gasteiger partial charge < -0.3 is 21.5 Å². The molecule has 0 radical (unpaired) electrons. The van der Waals surface area contributed by atoms with Gasteiger partial charge in [-0.2, -0.15) is 5.10 Å². The first kappa shape index (κ1) is 17.4. The van der Waals surface area contributed by atoms with Gasteiger partial charge in [-0.15, -0.1) is 0 Å². The molecule has 7 heteroatoms. The lowest BCUT2D eigenvalue weighted by atomic mass is 10.1. The van der Waals surface area contributed by atoms with Crippen molar-refractivity contribution in [1.29, 1.82) is 0 Å². The third-order valence-electron chi connectivity index (χ3n) is 4.47. The number of anilines is 1. The second kappa shape index (κ2) is 7.67. The Hall–Kier alpha value is -2.06. The summed E-state index contributed by atoms with van der Waals surface area (Å²) < 4.78 is 2.02. The molecule has 136 valence electrons. The van der Waals surface area contributed by atoms with Gasteiger partial charge >= 0.3 is 0 Å². The SMILES string of the molecule is NCCn1nc2c3c(c(NCCNCCO)ccc31)Sc1ccccc1-2. The van der Waals surface area contributed by atoms with E-state index in [1.807, 2.05) is 4.68 Å². The maximum atomic E-state index is 8.86. The standard InChI is InChI=1S/C19H23N5OS/c20-7-11-24-15-6-5-14(22-9-8-21-10-12-25)19-17(15)18(23-24)13-3-1-2-4-16(13)26-19/h1-6,21-22,25H,7-12,20H2. The highest BCUT2D eigenvalue weighted by molar-refractivity contribution is 8.00. The number of hydrogen-bond donors (Lipinski definition) is 4. The number of aliphatic hydroxyl groups is 1. The fraction of sp³-hybridized carbons (Fsp3) is 0.316. The minimum Gasteiger partial charge on any atom is -0.395 e. The minimum atomic E-state index is 0.160. The Kier molecular flexibility index (Phi) is 5.12. The Labute approximate surface area is 156 Å². The molecule has 0 saturated carbocycles. The van der Waals surface area contributed by atoms with Crippen molar-refractivity contribution in [2.75, 3.05) is 38.1 Å². The van der Waals surface area contributed by atoms with Crippen LogP contribution in [0.3, 0.4) is 0 Å². The van der Waals surface area contributed by atoms with Crippen molar-refractivity contribution in [3.8, 4) is 11.3 Å². The molecule has 0 unspecified atom stereocenters. The summed E-state index contributed by atoms with van der Waals surface area (Å²) in [6.07, 6.45) is 0. The molecule has 0 spiro atoms. The van der Waals surface area contributed by atoms with Crippen molar-refractivity contribution >= 4 is 28.4 Å². The molecule has 2 heterocycles. The smallest absolute Gasteiger partial charge is 0.103 e. The lowest BCUT2D eigenvalue weighted by Gasteiger charge is -2.19. The van der Waals surface area contributed by atoms with Crippen molar-refractivity contribution in [2.45, 2.75) is 16.3 Å². The van der Waals surface area contributed by atoms with Crippen LogP contribution in [0.1, 0.15) is 0 Å². The van der Waals surface area contributed by atoms with E-state index in [0.717, 1.165) is 30.0 Å². The Morgan fingerprint density at radius 2 is 2.00 bits per heavy atom. The van der Waals surface area contributed by atoms with E-state index in [-0.39, 0.29) is 6.61 Å². The number of nitrogens with one attached hydrogen (secondary N) is 2. The summed E-state index contributed by atoms with van der Waals surface area (Å²) >= 11 is 1.79. The van der Waals surface area contributed by atoms with Crippen molar-refractivity contribution < 1.29 is 5.11 Å². The zero-order chi connectivity index (χ0) is 17.9. The molecule has 3 aromatic rings. The number of nitrogens with two attached hydrogens (primary N) is 1. The molecule has 0 amide bonds. The van der Waals surface area contributed by atoms with Crippen molar-refractivity contribution in [3.05, 3.63) is 36.4 Å². The van der Waals surface area contributed by atoms with E-state index in [2.05, 4.69) is 47.0 Å². The minimum absolute atomic E-state index is 0.160. The third-order valence-corrected chi connectivity index (χ3v) is 5.68. The summed E-state index contributed by atoms with van der Waals surface area (Å²) in [5, 5.41) is 21.6. The van der Waals surface area contributed by atoms with Crippen LogP contribution in [0.2, 0.25) is 0 Å². The number of hydrogen-bond acceptors (Lipinski definition) is 6. The molecule has 5 N–H and O–H groups in total.